The van der Waals surface area contributed by atoms with Crippen LogP contribution in [0, 0.1) is 12.8 Å². The van der Waals surface area contributed by atoms with E-state index in [1.807, 2.05) is 27.7 Å². The van der Waals surface area contributed by atoms with Gasteiger partial charge in [-0.1, -0.05) is 24.3 Å². The maximum Gasteiger partial charge on any atom is 0.246 e. The first kappa shape index (κ1) is 24.1. The van der Waals surface area contributed by atoms with Crippen molar-refractivity contribution in [1.82, 2.24) is 15.3 Å². The highest BCUT2D eigenvalue weighted by Crippen LogP contribution is 2.40. The minimum absolute atomic E-state index is 0.00673. The Labute approximate surface area is 201 Å². The Morgan fingerprint density at radius 3 is 2.44 bits per heavy atom. The second kappa shape index (κ2) is 8.98. The molecule has 1 fully saturated rings. The Bertz CT molecular complexity index is 1100. The van der Waals surface area contributed by atoms with Crippen LogP contribution in [0.3, 0.4) is 0 Å². The van der Waals surface area contributed by atoms with Crippen LogP contribution in [0.25, 0.3) is 0 Å². The number of carbonyl (C=O) groups is 1. The van der Waals surface area contributed by atoms with Gasteiger partial charge in [-0.2, -0.15) is 4.98 Å². The molecule has 0 saturated heterocycles. The third-order valence-electron chi connectivity index (χ3n) is 6.75. The van der Waals surface area contributed by atoms with E-state index in [0.717, 1.165) is 37.0 Å². The van der Waals surface area contributed by atoms with Gasteiger partial charge in [0.05, 0.1) is 17.9 Å². The zero-order valence-electron chi connectivity index (χ0n) is 20.7. The van der Waals surface area contributed by atoms with Gasteiger partial charge in [0.1, 0.15) is 11.4 Å². The Morgan fingerprint density at radius 1 is 1.18 bits per heavy atom. The quantitative estimate of drug-likeness (QED) is 0.617. The predicted molar refractivity (Wildman–Crippen MR) is 133 cm³/mol. The summed E-state index contributed by atoms with van der Waals surface area (Å²) in [5.74, 6) is 1.76. The Hall–Kier alpha value is -3.00. The van der Waals surface area contributed by atoms with Crippen LogP contribution in [-0.2, 0) is 4.79 Å². The molecule has 4 N–H and O–H groups in total. The number of anilines is 1. The summed E-state index contributed by atoms with van der Waals surface area (Å²) in [6.45, 7) is 9.32. The number of aliphatic hydroxyl groups excluding tert-OH is 1. The Balaban J connectivity index is 1.47. The molecule has 1 aromatic carbocycles. The molecule has 0 atom stereocenters. The number of hydrogen-bond donors (Lipinski definition) is 3. The molecule has 8 nitrogen and oxygen atoms in total. The molecule has 1 amide bonds. The van der Waals surface area contributed by atoms with E-state index < -0.39 is 11.1 Å². The molecule has 1 aliphatic carbocycles. The lowest BCUT2D eigenvalue weighted by molar-refractivity contribution is -0.128. The lowest BCUT2D eigenvalue weighted by Crippen LogP contribution is -2.49. The van der Waals surface area contributed by atoms with Crippen LogP contribution in [0.5, 0.6) is 5.88 Å². The second-order valence-corrected chi connectivity index (χ2v) is 10.6. The lowest BCUT2D eigenvalue weighted by Gasteiger charge is -2.33. The van der Waals surface area contributed by atoms with E-state index in [2.05, 4.69) is 39.6 Å². The molecule has 34 heavy (non-hydrogen) atoms. The molecule has 1 aliphatic heterocycles. The van der Waals surface area contributed by atoms with Gasteiger partial charge in [-0.3, -0.25) is 4.79 Å². The number of aliphatic hydroxyl groups is 1. The van der Waals surface area contributed by atoms with Crippen LogP contribution in [-0.4, -0.2) is 44.4 Å². The van der Waals surface area contributed by atoms with Gasteiger partial charge in [0.15, 0.2) is 11.5 Å². The number of nitrogens with two attached hydrogens (primary N) is 1. The molecule has 1 aromatic heterocycles. The van der Waals surface area contributed by atoms with Crippen molar-refractivity contribution >= 4 is 23.1 Å². The number of aromatic nitrogens is 2. The van der Waals surface area contributed by atoms with E-state index >= 15 is 0 Å². The molecule has 2 heterocycles. The van der Waals surface area contributed by atoms with Crippen molar-refractivity contribution in [2.45, 2.75) is 77.4 Å². The van der Waals surface area contributed by atoms with Crippen LogP contribution in [0.15, 0.2) is 29.3 Å². The van der Waals surface area contributed by atoms with Crippen molar-refractivity contribution in [1.29, 1.82) is 0 Å². The standard InChI is InChI=1S/C26H35N5O3/c1-15-28-22(27)20-24(29-15)34-26(4,5)21(30-20)18-10-6-16(7-11-18)17-8-12-19(13-9-17)23(33)31-25(2,3)14-32/h6-7,10-11,17,19,32H,8-9,12-14H2,1-5H3,(H,31,33)(H2,27,28,29)/t17-,19-. The van der Waals surface area contributed by atoms with Gasteiger partial charge >= 0.3 is 0 Å². The fourth-order valence-electron chi connectivity index (χ4n) is 4.76. The molecule has 0 radical (unpaired) electrons. The molecule has 2 aromatic rings. The number of nitrogens with one attached hydrogen (secondary N) is 1. The van der Waals surface area contributed by atoms with Crippen molar-refractivity contribution < 1.29 is 14.6 Å². The number of hydrogen-bond acceptors (Lipinski definition) is 7. The van der Waals surface area contributed by atoms with Gasteiger partial charge in [-0.05, 0) is 71.8 Å². The average Bonchev–Trinajstić information content (AvgIpc) is 2.78. The van der Waals surface area contributed by atoms with Gasteiger partial charge in [0.2, 0.25) is 11.8 Å². The number of nitrogen functional groups attached to an aromatic ring is 1. The molecule has 8 heteroatoms. The summed E-state index contributed by atoms with van der Waals surface area (Å²) in [5.41, 5.74) is 8.35. The average molecular weight is 466 g/mol. The first-order valence-electron chi connectivity index (χ1n) is 11.9. The number of amides is 1. The fraction of sp³-hybridized carbons (Fsp3) is 0.538. The maximum atomic E-state index is 12.6. The molecular formula is C26H35N5O3. The third-order valence-corrected chi connectivity index (χ3v) is 6.75. The number of carbonyl (C=O) groups excluding carboxylic acids is 1. The predicted octanol–water partition coefficient (Wildman–Crippen LogP) is 3.82. The summed E-state index contributed by atoms with van der Waals surface area (Å²) in [6, 6.07) is 8.47. The minimum Gasteiger partial charge on any atom is -0.463 e. The van der Waals surface area contributed by atoms with Crippen LogP contribution in [0.2, 0.25) is 0 Å². The summed E-state index contributed by atoms with van der Waals surface area (Å²) >= 11 is 0. The molecule has 1 saturated carbocycles. The fourth-order valence-corrected chi connectivity index (χ4v) is 4.76. The molecule has 0 unspecified atom stereocenters. The van der Waals surface area contributed by atoms with Crippen LogP contribution >= 0.6 is 0 Å². The van der Waals surface area contributed by atoms with Crippen molar-refractivity contribution in [3.63, 3.8) is 0 Å². The first-order chi connectivity index (χ1) is 16.0. The van der Waals surface area contributed by atoms with Crippen molar-refractivity contribution in [2.75, 3.05) is 12.3 Å². The number of benzene rings is 1. The summed E-state index contributed by atoms with van der Waals surface area (Å²) in [6.07, 6.45) is 3.63. The highest BCUT2D eigenvalue weighted by atomic mass is 16.5. The lowest BCUT2D eigenvalue weighted by atomic mass is 9.78. The number of nitrogens with zero attached hydrogens (tertiary/aromatic N) is 3. The minimum atomic E-state index is -0.657. The molecule has 182 valence electrons. The van der Waals surface area contributed by atoms with Crippen molar-refractivity contribution in [2.24, 2.45) is 10.9 Å². The smallest absolute Gasteiger partial charge is 0.246 e. The normalized spacial score (nSPS) is 21.8. The van der Waals surface area contributed by atoms with E-state index in [9.17, 15) is 9.90 Å². The number of ether oxygens (including phenoxy) is 1. The SMILES string of the molecule is Cc1nc(N)c2c(n1)OC(C)(C)C(c1ccc([C@H]3CC[C@H](C(=O)NC(C)(C)CO)CC3)cc1)=N2. The number of fused-ring (bicyclic) bond motifs is 1. The largest absolute Gasteiger partial charge is 0.463 e. The van der Waals surface area contributed by atoms with E-state index in [0.29, 0.717) is 29.1 Å². The highest BCUT2D eigenvalue weighted by Gasteiger charge is 2.36. The van der Waals surface area contributed by atoms with Gasteiger partial charge in [-0.15, -0.1) is 0 Å². The zero-order chi connectivity index (χ0) is 24.7. The monoisotopic (exact) mass is 465 g/mol. The topological polar surface area (TPSA) is 123 Å². The summed E-state index contributed by atoms with van der Waals surface area (Å²) < 4.78 is 6.16. The zero-order valence-corrected chi connectivity index (χ0v) is 20.7. The van der Waals surface area contributed by atoms with Crippen LogP contribution < -0.4 is 15.8 Å². The summed E-state index contributed by atoms with van der Waals surface area (Å²) in [4.78, 5) is 25.9. The van der Waals surface area contributed by atoms with Gasteiger partial charge in [0, 0.05) is 11.5 Å². The van der Waals surface area contributed by atoms with E-state index in [1.165, 1.54) is 5.56 Å². The number of rotatable bonds is 5. The van der Waals surface area contributed by atoms with Crippen LogP contribution in [0.4, 0.5) is 11.5 Å². The van der Waals surface area contributed by atoms with Crippen molar-refractivity contribution in [3.05, 3.63) is 41.2 Å². The summed E-state index contributed by atoms with van der Waals surface area (Å²) in [7, 11) is 0. The third kappa shape index (κ3) is 4.92. The first-order valence-corrected chi connectivity index (χ1v) is 11.9. The van der Waals surface area contributed by atoms with Gasteiger partial charge < -0.3 is 20.9 Å². The van der Waals surface area contributed by atoms with Crippen LogP contribution in [0.1, 0.15) is 76.2 Å². The summed E-state index contributed by atoms with van der Waals surface area (Å²) in [5, 5.41) is 12.4. The van der Waals surface area contributed by atoms with E-state index in [4.69, 9.17) is 15.5 Å². The number of aliphatic imine (C=N–C) groups is 1. The Kier molecular flexibility index (Phi) is 6.38. The molecule has 0 bridgehead atoms. The van der Waals surface area contributed by atoms with Crippen molar-refractivity contribution in [3.8, 4) is 5.88 Å². The number of aryl methyl sites for hydroxylation is 1. The second-order valence-electron chi connectivity index (χ2n) is 10.6. The van der Waals surface area contributed by atoms with E-state index in [-0.39, 0.29) is 18.4 Å². The maximum absolute atomic E-state index is 12.6. The van der Waals surface area contributed by atoms with E-state index in [1.54, 1.807) is 6.92 Å². The molecular weight excluding hydrogens is 430 g/mol. The molecule has 0 spiro atoms. The molecule has 2 aliphatic rings. The van der Waals surface area contributed by atoms with Gasteiger partial charge in [-0.25, -0.2) is 9.98 Å². The van der Waals surface area contributed by atoms with Gasteiger partial charge in [0.25, 0.3) is 0 Å². The highest BCUT2D eigenvalue weighted by molar-refractivity contribution is 6.09. The molecule has 4 rings (SSSR count). The Morgan fingerprint density at radius 2 is 1.82 bits per heavy atom.